The van der Waals surface area contributed by atoms with Gasteiger partial charge < -0.3 is 5.32 Å². The van der Waals surface area contributed by atoms with Crippen LogP contribution in [0.15, 0.2) is 90.1 Å². The molecule has 0 radical (unpaired) electrons. The molecular weight excluding hydrogens is 464 g/mol. The molecule has 35 heavy (non-hydrogen) atoms. The van der Waals surface area contributed by atoms with Gasteiger partial charge in [0.1, 0.15) is 10.7 Å². The third-order valence-corrected chi connectivity index (χ3v) is 7.11. The maximum atomic E-state index is 13.0. The molecule has 0 unspecified atom stereocenters. The van der Waals surface area contributed by atoms with E-state index in [4.69, 9.17) is 0 Å². The third kappa shape index (κ3) is 5.39. The second kappa shape index (κ2) is 9.69. The maximum absolute atomic E-state index is 13.0. The molecule has 1 saturated heterocycles. The van der Waals surface area contributed by atoms with Gasteiger partial charge >= 0.3 is 6.03 Å². The lowest BCUT2D eigenvalue weighted by Crippen LogP contribution is -2.59. The number of fused-ring (bicyclic) bond motifs is 1. The van der Waals surface area contributed by atoms with Crippen molar-refractivity contribution in [2.45, 2.75) is 17.5 Å². The number of hydrogen-bond acceptors (Lipinski definition) is 6. The standard InChI is InChI=1S/C25H24N6O3S/c32-25(29-23-8-1-2-13-26-23)28-21-16-31(17-21)15-18-9-11-20(12-10-18)30-35(33,34)22-7-3-5-19-6-4-14-27-24(19)22/h1-14,21,30H,15-17H2,(H2,26,28,29,32). The molecule has 0 aliphatic carbocycles. The second-order valence-corrected chi connectivity index (χ2v) is 9.99. The van der Waals surface area contributed by atoms with E-state index in [1.807, 2.05) is 30.3 Å². The number of rotatable bonds is 7. The van der Waals surface area contributed by atoms with Gasteiger partial charge in [0.15, 0.2) is 0 Å². The maximum Gasteiger partial charge on any atom is 0.320 e. The van der Waals surface area contributed by atoms with Gasteiger partial charge in [0.25, 0.3) is 10.0 Å². The average molecular weight is 489 g/mol. The van der Waals surface area contributed by atoms with Crippen LogP contribution in [0, 0.1) is 0 Å². The van der Waals surface area contributed by atoms with E-state index in [2.05, 4.69) is 30.2 Å². The normalized spacial score (nSPS) is 14.3. The van der Waals surface area contributed by atoms with E-state index in [0.717, 1.165) is 24.0 Å². The Labute approximate surface area is 203 Å². The van der Waals surface area contributed by atoms with Crippen molar-refractivity contribution in [3.8, 4) is 0 Å². The lowest BCUT2D eigenvalue weighted by molar-refractivity contribution is 0.124. The first-order valence-electron chi connectivity index (χ1n) is 11.1. The summed E-state index contributed by atoms with van der Waals surface area (Å²) in [5.41, 5.74) is 1.97. The minimum Gasteiger partial charge on any atom is -0.333 e. The Bertz CT molecular complexity index is 1430. The van der Waals surface area contributed by atoms with Gasteiger partial charge in [-0.2, -0.15) is 0 Å². The van der Waals surface area contributed by atoms with Crippen LogP contribution in [-0.2, 0) is 16.6 Å². The molecular formula is C25H24N6O3S. The zero-order valence-corrected chi connectivity index (χ0v) is 19.6. The first kappa shape index (κ1) is 22.8. The molecule has 3 heterocycles. The summed E-state index contributed by atoms with van der Waals surface area (Å²) in [5.74, 6) is 0.508. The number of nitrogens with zero attached hydrogens (tertiary/aromatic N) is 3. The van der Waals surface area contributed by atoms with Crippen LogP contribution in [0.3, 0.4) is 0 Å². The Kier molecular flexibility index (Phi) is 6.30. The lowest BCUT2D eigenvalue weighted by Gasteiger charge is -2.39. The van der Waals surface area contributed by atoms with E-state index in [-0.39, 0.29) is 17.0 Å². The van der Waals surface area contributed by atoms with Gasteiger partial charge in [-0.3, -0.25) is 19.9 Å². The van der Waals surface area contributed by atoms with Gasteiger partial charge in [0.05, 0.1) is 11.6 Å². The monoisotopic (exact) mass is 488 g/mol. The molecule has 2 amide bonds. The molecule has 1 fully saturated rings. The molecule has 0 saturated carbocycles. The van der Waals surface area contributed by atoms with Crippen LogP contribution < -0.4 is 15.4 Å². The number of anilines is 2. The smallest absolute Gasteiger partial charge is 0.320 e. The van der Waals surface area contributed by atoms with Gasteiger partial charge in [-0.1, -0.05) is 36.4 Å². The van der Waals surface area contributed by atoms with Gasteiger partial charge in [-0.25, -0.2) is 18.2 Å². The summed E-state index contributed by atoms with van der Waals surface area (Å²) < 4.78 is 28.6. The fourth-order valence-electron chi connectivity index (χ4n) is 4.00. The fourth-order valence-corrected chi connectivity index (χ4v) is 5.24. The number of urea groups is 1. The molecule has 5 rings (SSSR count). The zero-order valence-electron chi connectivity index (χ0n) is 18.8. The SMILES string of the molecule is O=C(Nc1ccccn1)NC1CN(Cc2ccc(NS(=O)(=O)c3cccc4cccnc34)cc2)C1. The summed E-state index contributed by atoms with van der Waals surface area (Å²) >= 11 is 0. The molecule has 1 aliphatic heterocycles. The molecule has 0 atom stereocenters. The highest BCUT2D eigenvalue weighted by Crippen LogP contribution is 2.24. The van der Waals surface area contributed by atoms with Crippen molar-refractivity contribution < 1.29 is 13.2 Å². The predicted molar refractivity (Wildman–Crippen MR) is 134 cm³/mol. The minimum absolute atomic E-state index is 0.0686. The van der Waals surface area contributed by atoms with E-state index in [1.165, 1.54) is 0 Å². The molecule has 178 valence electrons. The molecule has 9 nitrogen and oxygen atoms in total. The number of pyridine rings is 2. The average Bonchev–Trinajstić information content (AvgIpc) is 2.84. The van der Waals surface area contributed by atoms with Crippen LogP contribution in [0.1, 0.15) is 5.56 Å². The van der Waals surface area contributed by atoms with Gasteiger partial charge in [0.2, 0.25) is 0 Å². The Balaban J connectivity index is 1.13. The Morgan fingerprint density at radius 3 is 2.46 bits per heavy atom. The molecule has 0 bridgehead atoms. The van der Waals surface area contributed by atoms with Crippen LogP contribution in [0.5, 0.6) is 0 Å². The summed E-state index contributed by atoms with van der Waals surface area (Å²) in [6.45, 7) is 2.18. The lowest BCUT2D eigenvalue weighted by atomic mass is 10.1. The molecule has 2 aromatic carbocycles. The van der Waals surface area contributed by atoms with E-state index in [1.54, 1.807) is 54.9 Å². The molecule has 2 aromatic heterocycles. The highest BCUT2D eigenvalue weighted by atomic mass is 32.2. The number of aromatic nitrogens is 2. The number of likely N-dealkylation sites (tertiary alicyclic amines) is 1. The number of amides is 2. The van der Waals surface area contributed by atoms with Crippen molar-refractivity contribution >= 4 is 38.5 Å². The fraction of sp³-hybridized carbons (Fsp3) is 0.160. The topological polar surface area (TPSA) is 116 Å². The molecule has 0 spiro atoms. The Morgan fingerprint density at radius 2 is 1.69 bits per heavy atom. The summed E-state index contributed by atoms with van der Waals surface area (Å²) in [6.07, 6.45) is 3.21. The summed E-state index contributed by atoms with van der Waals surface area (Å²) in [4.78, 5) is 22.7. The summed E-state index contributed by atoms with van der Waals surface area (Å²) in [6, 6.07) is 21.1. The van der Waals surface area contributed by atoms with Crippen LogP contribution >= 0.6 is 0 Å². The van der Waals surface area contributed by atoms with Crippen molar-refractivity contribution in [2.75, 3.05) is 23.1 Å². The highest BCUT2D eigenvalue weighted by Gasteiger charge is 2.28. The van der Waals surface area contributed by atoms with Gasteiger partial charge in [0, 0.05) is 43.1 Å². The van der Waals surface area contributed by atoms with Gasteiger partial charge in [-0.05, 0) is 42.0 Å². The highest BCUT2D eigenvalue weighted by molar-refractivity contribution is 7.93. The summed E-state index contributed by atoms with van der Waals surface area (Å²) in [7, 11) is -3.78. The van der Waals surface area contributed by atoms with Crippen LogP contribution in [0.4, 0.5) is 16.3 Å². The van der Waals surface area contributed by atoms with E-state index >= 15 is 0 Å². The number of benzene rings is 2. The van der Waals surface area contributed by atoms with Crippen molar-refractivity contribution in [1.82, 2.24) is 20.2 Å². The Morgan fingerprint density at radius 1 is 0.914 bits per heavy atom. The van der Waals surface area contributed by atoms with Crippen LogP contribution in [0.25, 0.3) is 10.9 Å². The van der Waals surface area contributed by atoms with E-state index in [9.17, 15) is 13.2 Å². The molecule has 10 heteroatoms. The van der Waals surface area contributed by atoms with E-state index < -0.39 is 10.0 Å². The first-order valence-corrected chi connectivity index (χ1v) is 12.6. The van der Waals surface area contributed by atoms with Crippen LogP contribution in [0.2, 0.25) is 0 Å². The third-order valence-electron chi connectivity index (χ3n) is 5.70. The number of para-hydroxylation sites is 1. The van der Waals surface area contributed by atoms with Gasteiger partial charge in [-0.15, -0.1) is 0 Å². The number of sulfonamides is 1. The number of carbonyl (C=O) groups excluding carboxylic acids is 1. The quantitative estimate of drug-likeness (QED) is 0.367. The largest absolute Gasteiger partial charge is 0.333 e. The Hall–Kier alpha value is -4.02. The first-order chi connectivity index (χ1) is 17.0. The number of carbonyl (C=O) groups is 1. The van der Waals surface area contributed by atoms with Crippen molar-refractivity contribution in [3.05, 3.63) is 90.8 Å². The predicted octanol–water partition coefficient (Wildman–Crippen LogP) is 3.44. The van der Waals surface area contributed by atoms with Crippen molar-refractivity contribution in [1.29, 1.82) is 0 Å². The molecule has 4 aromatic rings. The summed E-state index contributed by atoms with van der Waals surface area (Å²) in [5, 5.41) is 6.41. The zero-order chi connectivity index (χ0) is 24.3. The second-order valence-electron chi connectivity index (χ2n) is 8.34. The van der Waals surface area contributed by atoms with Crippen molar-refractivity contribution in [3.63, 3.8) is 0 Å². The molecule has 1 aliphatic rings. The number of hydrogen-bond donors (Lipinski definition) is 3. The van der Waals surface area contributed by atoms with E-state index in [0.29, 0.717) is 23.6 Å². The van der Waals surface area contributed by atoms with Crippen molar-refractivity contribution in [2.24, 2.45) is 0 Å². The van der Waals surface area contributed by atoms with Crippen LogP contribution in [-0.4, -0.2) is 48.4 Å². The molecule has 3 N–H and O–H groups in total. The number of nitrogens with one attached hydrogen (secondary N) is 3. The minimum atomic E-state index is -3.78.